The normalized spacial score (nSPS) is 24.8. The highest BCUT2D eigenvalue weighted by atomic mass is 16.5. The van der Waals surface area contributed by atoms with Crippen LogP contribution < -0.4 is 0 Å². The Bertz CT molecular complexity index is 826. The lowest BCUT2D eigenvalue weighted by molar-refractivity contribution is -0.126. The molecule has 1 fully saturated rings. The molecule has 1 saturated carbocycles. The largest absolute Gasteiger partial charge is 0.496 e. The fourth-order valence-corrected chi connectivity index (χ4v) is 3.68. The van der Waals surface area contributed by atoms with Crippen LogP contribution >= 0.6 is 0 Å². The molecule has 1 aliphatic heterocycles. The second-order valence-corrected chi connectivity index (χ2v) is 6.75. The van der Waals surface area contributed by atoms with Crippen molar-refractivity contribution in [3.8, 4) is 0 Å². The number of fused-ring (bicyclic) bond motifs is 1. The van der Waals surface area contributed by atoms with E-state index < -0.39 is 0 Å². The number of carbonyl (C=O) groups excluding carboxylic acids is 2. The first-order valence-corrected chi connectivity index (χ1v) is 8.93. The highest BCUT2D eigenvalue weighted by Crippen LogP contribution is 2.37. The van der Waals surface area contributed by atoms with Gasteiger partial charge in [-0.15, -0.1) is 0 Å². The molecule has 0 aromatic heterocycles. The first-order chi connectivity index (χ1) is 12.7. The molecule has 0 amide bonds. The summed E-state index contributed by atoms with van der Waals surface area (Å²) < 4.78 is 11.5. The molecule has 4 rings (SSSR count). The van der Waals surface area contributed by atoms with Crippen molar-refractivity contribution < 1.29 is 19.1 Å². The maximum atomic E-state index is 12.9. The Morgan fingerprint density at radius 1 is 0.962 bits per heavy atom. The van der Waals surface area contributed by atoms with Gasteiger partial charge in [0.15, 0.2) is 5.78 Å². The first kappa shape index (κ1) is 16.6. The Labute approximate surface area is 152 Å². The SMILES string of the molecule is O=C(OC1CCC2C(=O)C(c3ccccc3)=COC2C1)c1ccccc1. The predicted octanol–water partition coefficient (Wildman–Crippen LogP) is 4.02. The van der Waals surface area contributed by atoms with E-state index in [2.05, 4.69) is 0 Å². The summed E-state index contributed by atoms with van der Waals surface area (Å²) in [6.07, 6.45) is 3.02. The summed E-state index contributed by atoms with van der Waals surface area (Å²) in [5, 5.41) is 0. The standard InChI is InChI=1S/C22H20O4/c23-21-18-12-11-17(26-22(24)16-9-5-2-6-10-16)13-20(18)25-14-19(21)15-7-3-1-4-8-15/h1-10,14,17-18,20H,11-13H2. The predicted molar refractivity (Wildman–Crippen MR) is 97.3 cm³/mol. The minimum atomic E-state index is -0.322. The van der Waals surface area contributed by atoms with E-state index in [0.29, 0.717) is 30.4 Å². The summed E-state index contributed by atoms with van der Waals surface area (Å²) in [6.45, 7) is 0. The number of esters is 1. The Morgan fingerprint density at radius 2 is 1.65 bits per heavy atom. The van der Waals surface area contributed by atoms with Crippen LogP contribution in [0.1, 0.15) is 35.2 Å². The molecule has 2 aromatic rings. The van der Waals surface area contributed by atoms with Gasteiger partial charge in [0.2, 0.25) is 0 Å². The minimum absolute atomic E-state index is 0.125. The van der Waals surface area contributed by atoms with Gasteiger partial charge in [0.1, 0.15) is 12.2 Å². The van der Waals surface area contributed by atoms with Gasteiger partial charge in [-0.3, -0.25) is 4.79 Å². The molecule has 4 nitrogen and oxygen atoms in total. The molecule has 1 aliphatic carbocycles. The van der Waals surface area contributed by atoms with Crippen molar-refractivity contribution in [2.45, 2.75) is 31.5 Å². The molecule has 1 heterocycles. The minimum Gasteiger partial charge on any atom is -0.496 e. The van der Waals surface area contributed by atoms with Gasteiger partial charge in [-0.05, 0) is 30.5 Å². The summed E-state index contributed by atoms with van der Waals surface area (Å²) >= 11 is 0. The van der Waals surface area contributed by atoms with Gasteiger partial charge < -0.3 is 9.47 Å². The van der Waals surface area contributed by atoms with Crippen LogP contribution in [0.15, 0.2) is 66.9 Å². The molecular weight excluding hydrogens is 328 g/mol. The zero-order valence-electron chi connectivity index (χ0n) is 14.3. The number of hydrogen-bond acceptors (Lipinski definition) is 4. The highest BCUT2D eigenvalue weighted by Gasteiger charge is 2.41. The summed E-state index contributed by atoms with van der Waals surface area (Å²) in [5.74, 6) is -0.362. The summed E-state index contributed by atoms with van der Waals surface area (Å²) in [5.41, 5.74) is 2.06. The third kappa shape index (κ3) is 3.27. The topological polar surface area (TPSA) is 52.6 Å². The van der Waals surface area contributed by atoms with Gasteiger partial charge in [0.05, 0.1) is 23.3 Å². The van der Waals surface area contributed by atoms with E-state index in [-0.39, 0.29) is 29.9 Å². The third-order valence-electron chi connectivity index (χ3n) is 5.07. The molecule has 0 saturated heterocycles. The van der Waals surface area contributed by atoms with Gasteiger partial charge in [0.25, 0.3) is 0 Å². The molecule has 0 N–H and O–H groups in total. The van der Waals surface area contributed by atoms with Gasteiger partial charge in [-0.25, -0.2) is 4.79 Å². The number of carbonyl (C=O) groups is 2. The number of Topliss-reactive ketones (excluding diaryl/α,β-unsaturated/α-hetero) is 1. The fraction of sp³-hybridized carbons (Fsp3) is 0.273. The lowest BCUT2D eigenvalue weighted by Crippen LogP contribution is -2.41. The first-order valence-electron chi connectivity index (χ1n) is 8.93. The smallest absolute Gasteiger partial charge is 0.338 e. The van der Waals surface area contributed by atoms with Crippen LogP contribution in [0.5, 0.6) is 0 Å². The summed E-state index contributed by atoms with van der Waals surface area (Å²) in [4.78, 5) is 25.1. The zero-order valence-corrected chi connectivity index (χ0v) is 14.3. The number of hydrogen-bond donors (Lipinski definition) is 0. The van der Waals surface area contributed by atoms with Crippen LogP contribution in [-0.4, -0.2) is 24.0 Å². The van der Waals surface area contributed by atoms with Gasteiger partial charge >= 0.3 is 5.97 Å². The maximum absolute atomic E-state index is 12.9. The molecule has 4 heteroatoms. The van der Waals surface area contributed by atoms with Crippen molar-refractivity contribution >= 4 is 17.3 Å². The molecule has 0 radical (unpaired) electrons. The Morgan fingerprint density at radius 3 is 2.38 bits per heavy atom. The fourth-order valence-electron chi connectivity index (χ4n) is 3.68. The average Bonchev–Trinajstić information content (AvgIpc) is 2.69. The Balaban J connectivity index is 1.43. The molecule has 2 aromatic carbocycles. The molecule has 2 aliphatic rings. The van der Waals surface area contributed by atoms with E-state index in [1.165, 1.54) is 0 Å². The summed E-state index contributed by atoms with van der Waals surface area (Å²) in [7, 11) is 0. The number of ketones is 1. The molecule has 0 spiro atoms. The van der Waals surface area contributed by atoms with E-state index >= 15 is 0 Å². The van der Waals surface area contributed by atoms with Crippen molar-refractivity contribution in [3.63, 3.8) is 0 Å². The average molecular weight is 348 g/mol. The lowest BCUT2D eigenvalue weighted by atomic mass is 9.78. The number of benzene rings is 2. The van der Waals surface area contributed by atoms with Crippen LogP contribution in [-0.2, 0) is 14.3 Å². The van der Waals surface area contributed by atoms with Crippen molar-refractivity contribution in [3.05, 3.63) is 78.1 Å². The molecular formula is C22H20O4. The Kier molecular flexibility index (Phi) is 4.57. The number of allylic oxidation sites excluding steroid dienone is 1. The van der Waals surface area contributed by atoms with Gasteiger partial charge in [-0.2, -0.15) is 0 Å². The van der Waals surface area contributed by atoms with Crippen LogP contribution in [0.4, 0.5) is 0 Å². The van der Waals surface area contributed by atoms with E-state index in [4.69, 9.17) is 9.47 Å². The van der Waals surface area contributed by atoms with Crippen molar-refractivity contribution in [2.75, 3.05) is 0 Å². The van der Waals surface area contributed by atoms with Crippen molar-refractivity contribution in [1.82, 2.24) is 0 Å². The molecule has 0 bridgehead atoms. The second-order valence-electron chi connectivity index (χ2n) is 6.75. The van der Waals surface area contributed by atoms with E-state index in [0.717, 1.165) is 5.56 Å². The van der Waals surface area contributed by atoms with E-state index in [1.807, 2.05) is 48.5 Å². The molecule has 26 heavy (non-hydrogen) atoms. The number of ether oxygens (including phenoxy) is 2. The quantitative estimate of drug-likeness (QED) is 0.786. The highest BCUT2D eigenvalue weighted by molar-refractivity contribution is 6.22. The van der Waals surface area contributed by atoms with Crippen molar-refractivity contribution in [2.24, 2.45) is 5.92 Å². The van der Waals surface area contributed by atoms with Crippen molar-refractivity contribution in [1.29, 1.82) is 0 Å². The van der Waals surface area contributed by atoms with Crippen LogP contribution in [0.25, 0.3) is 5.57 Å². The maximum Gasteiger partial charge on any atom is 0.338 e. The van der Waals surface area contributed by atoms with E-state index in [1.54, 1.807) is 18.4 Å². The van der Waals surface area contributed by atoms with E-state index in [9.17, 15) is 9.59 Å². The monoisotopic (exact) mass is 348 g/mol. The Hall–Kier alpha value is -2.88. The van der Waals surface area contributed by atoms with Gasteiger partial charge in [-0.1, -0.05) is 48.5 Å². The third-order valence-corrected chi connectivity index (χ3v) is 5.07. The zero-order chi connectivity index (χ0) is 17.9. The number of rotatable bonds is 3. The van der Waals surface area contributed by atoms with Crippen LogP contribution in [0, 0.1) is 5.92 Å². The molecule has 132 valence electrons. The van der Waals surface area contributed by atoms with Crippen LogP contribution in [0.3, 0.4) is 0 Å². The second kappa shape index (κ2) is 7.16. The summed E-state index contributed by atoms with van der Waals surface area (Å²) in [6, 6.07) is 18.5. The lowest BCUT2D eigenvalue weighted by Gasteiger charge is -2.37. The molecule has 3 atom stereocenters. The van der Waals surface area contributed by atoms with Gasteiger partial charge in [0, 0.05) is 6.42 Å². The molecule has 3 unspecified atom stereocenters. The van der Waals surface area contributed by atoms with Crippen LogP contribution in [0.2, 0.25) is 0 Å².